The predicted molar refractivity (Wildman–Crippen MR) is 82.5 cm³/mol. The average molecular weight is 327 g/mol. The van der Waals surface area contributed by atoms with Gasteiger partial charge < -0.3 is 10.0 Å². The molecule has 24 heavy (non-hydrogen) atoms. The van der Waals surface area contributed by atoms with Gasteiger partial charge in [-0.15, -0.1) is 0 Å². The highest BCUT2D eigenvalue weighted by Crippen LogP contribution is 2.49. The molecule has 1 saturated heterocycles. The predicted octanol–water partition coefficient (Wildman–Crippen LogP) is 0.989. The van der Waals surface area contributed by atoms with Crippen LogP contribution < -0.4 is 0 Å². The fourth-order valence-corrected chi connectivity index (χ4v) is 3.98. The Morgan fingerprint density at radius 2 is 2.25 bits per heavy atom. The van der Waals surface area contributed by atoms with E-state index in [4.69, 9.17) is 0 Å². The van der Waals surface area contributed by atoms with Gasteiger partial charge in [0.05, 0.1) is 5.41 Å². The molecule has 2 aromatic heterocycles. The first-order chi connectivity index (χ1) is 11.6. The van der Waals surface area contributed by atoms with Crippen molar-refractivity contribution in [1.29, 1.82) is 0 Å². The van der Waals surface area contributed by atoms with Gasteiger partial charge >= 0.3 is 5.97 Å². The van der Waals surface area contributed by atoms with Crippen LogP contribution in [0.5, 0.6) is 0 Å². The van der Waals surface area contributed by atoms with Crippen molar-refractivity contribution in [2.75, 3.05) is 13.1 Å². The third-order valence-corrected chi connectivity index (χ3v) is 5.23. The van der Waals surface area contributed by atoms with E-state index in [0.717, 1.165) is 12.8 Å². The molecule has 124 valence electrons. The molecule has 1 N–H and O–H groups in total. The SMILES string of the molecule is O=C(c1ccnc(-n2cncn2)c1)N1C[C@@H]2CCC[C@@]2(C(=O)O)C1. The van der Waals surface area contributed by atoms with Gasteiger partial charge in [0.25, 0.3) is 5.91 Å². The minimum Gasteiger partial charge on any atom is -0.481 e. The van der Waals surface area contributed by atoms with E-state index in [0.29, 0.717) is 24.3 Å². The molecule has 0 spiro atoms. The van der Waals surface area contributed by atoms with Crippen molar-refractivity contribution in [3.05, 3.63) is 36.5 Å². The van der Waals surface area contributed by atoms with Crippen molar-refractivity contribution in [1.82, 2.24) is 24.6 Å². The summed E-state index contributed by atoms with van der Waals surface area (Å²) in [6.45, 7) is 0.791. The number of pyridine rings is 1. The number of nitrogens with zero attached hydrogens (tertiary/aromatic N) is 5. The van der Waals surface area contributed by atoms with Gasteiger partial charge in [-0.1, -0.05) is 6.42 Å². The first-order valence-corrected chi connectivity index (χ1v) is 7.94. The molecule has 0 bridgehead atoms. The highest BCUT2D eigenvalue weighted by atomic mass is 16.4. The minimum atomic E-state index is -0.779. The summed E-state index contributed by atoms with van der Waals surface area (Å²) in [5.74, 6) is -0.381. The summed E-state index contributed by atoms with van der Waals surface area (Å²) in [5, 5.41) is 13.7. The number of aromatic nitrogens is 4. The molecular formula is C16H17N5O3. The maximum atomic E-state index is 12.8. The highest BCUT2D eigenvalue weighted by Gasteiger charge is 2.55. The van der Waals surface area contributed by atoms with Crippen LogP contribution in [0.1, 0.15) is 29.6 Å². The molecule has 0 aromatic carbocycles. The third kappa shape index (κ3) is 2.17. The van der Waals surface area contributed by atoms with Crippen molar-refractivity contribution >= 4 is 11.9 Å². The van der Waals surface area contributed by atoms with Crippen LogP contribution in [0.15, 0.2) is 31.0 Å². The van der Waals surface area contributed by atoms with E-state index in [1.54, 1.807) is 23.2 Å². The van der Waals surface area contributed by atoms with Crippen LogP contribution in [-0.4, -0.2) is 54.7 Å². The standard InChI is InChI=1S/C16H17N5O3/c22-14(11-3-5-18-13(6-11)21-10-17-9-19-21)20-7-12-2-1-4-16(12,8-20)15(23)24/h3,5-6,9-10,12H,1-2,4,7-8H2,(H,23,24)/t12-,16+/m0/s1. The number of rotatable bonds is 3. The topological polar surface area (TPSA) is 101 Å². The average Bonchev–Trinajstić information content (AvgIpc) is 3.29. The number of hydrogen-bond acceptors (Lipinski definition) is 5. The van der Waals surface area contributed by atoms with E-state index in [2.05, 4.69) is 15.1 Å². The Hall–Kier alpha value is -2.77. The molecule has 0 radical (unpaired) electrons. The molecule has 8 nitrogen and oxygen atoms in total. The summed E-state index contributed by atoms with van der Waals surface area (Å²) in [7, 11) is 0. The largest absolute Gasteiger partial charge is 0.481 e. The molecule has 1 amide bonds. The van der Waals surface area contributed by atoms with Crippen molar-refractivity contribution in [2.24, 2.45) is 11.3 Å². The van der Waals surface area contributed by atoms with Crippen LogP contribution >= 0.6 is 0 Å². The van der Waals surface area contributed by atoms with Gasteiger partial charge in [-0.05, 0) is 30.9 Å². The molecule has 2 aliphatic rings. The number of carbonyl (C=O) groups is 2. The Morgan fingerprint density at radius 1 is 1.38 bits per heavy atom. The van der Waals surface area contributed by atoms with Gasteiger partial charge in [-0.2, -0.15) is 5.10 Å². The highest BCUT2D eigenvalue weighted by molar-refractivity contribution is 5.95. The molecule has 0 unspecified atom stereocenters. The number of carboxylic acid groups (broad SMARTS) is 1. The molecule has 3 heterocycles. The normalized spacial score (nSPS) is 25.7. The van der Waals surface area contributed by atoms with E-state index in [9.17, 15) is 14.7 Å². The van der Waals surface area contributed by atoms with Crippen LogP contribution in [-0.2, 0) is 4.79 Å². The molecule has 8 heteroatoms. The van der Waals surface area contributed by atoms with E-state index in [-0.39, 0.29) is 18.4 Å². The fourth-order valence-electron chi connectivity index (χ4n) is 3.98. The lowest BCUT2D eigenvalue weighted by atomic mass is 9.81. The van der Waals surface area contributed by atoms with Gasteiger partial charge in [-0.25, -0.2) is 14.6 Å². The summed E-state index contributed by atoms with van der Waals surface area (Å²) >= 11 is 0. The molecule has 2 aromatic rings. The summed E-state index contributed by atoms with van der Waals surface area (Å²) < 4.78 is 1.48. The number of hydrogen-bond donors (Lipinski definition) is 1. The van der Waals surface area contributed by atoms with Crippen LogP contribution in [0.25, 0.3) is 5.82 Å². The Kier molecular flexibility index (Phi) is 3.33. The Morgan fingerprint density at radius 3 is 2.96 bits per heavy atom. The lowest BCUT2D eigenvalue weighted by Crippen LogP contribution is -2.37. The number of fused-ring (bicyclic) bond motifs is 1. The van der Waals surface area contributed by atoms with Crippen LogP contribution in [0.4, 0.5) is 0 Å². The zero-order valence-corrected chi connectivity index (χ0v) is 13.0. The number of amides is 1. The lowest BCUT2D eigenvalue weighted by Gasteiger charge is -2.23. The van der Waals surface area contributed by atoms with Gasteiger partial charge in [0.2, 0.25) is 0 Å². The number of carboxylic acids is 1. The van der Waals surface area contributed by atoms with Crippen molar-refractivity contribution < 1.29 is 14.7 Å². The third-order valence-electron chi connectivity index (χ3n) is 5.23. The van der Waals surface area contributed by atoms with Crippen molar-refractivity contribution in [3.8, 4) is 5.82 Å². The molecule has 1 aliphatic carbocycles. The van der Waals surface area contributed by atoms with E-state index >= 15 is 0 Å². The number of likely N-dealkylation sites (tertiary alicyclic amines) is 1. The van der Waals surface area contributed by atoms with Crippen LogP contribution in [0, 0.1) is 11.3 Å². The Balaban J connectivity index is 1.59. The minimum absolute atomic E-state index is 0.0515. The van der Waals surface area contributed by atoms with Crippen LogP contribution in [0.3, 0.4) is 0 Å². The second-order valence-electron chi connectivity index (χ2n) is 6.48. The van der Waals surface area contributed by atoms with Crippen molar-refractivity contribution in [3.63, 3.8) is 0 Å². The van der Waals surface area contributed by atoms with E-state index < -0.39 is 11.4 Å². The van der Waals surface area contributed by atoms with Crippen molar-refractivity contribution in [2.45, 2.75) is 19.3 Å². The lowest BCUT2D eigenvalue weighted by molar-refractivity contribution is -0.149. The quantitative estimate of drug-likeness (QED) is 0.902. The number of carbonyl (C=O) groups excluding carboxylic acids is 1. The van der Waals surface area contributed by atoms with Gasteiger partial charge in [0, 0.05) is 24.8 Å². The number of aliphatic carboxylic acids is 1. The molecule has 1 saturated carbocycles. The zero-order chi connectivity index (χ0) is 16.7. The first kappa shape index (κ1) is 14.8. The summed E-state index contributed by atoms with van der Waals surface area (Å²) in [4.78, 5) is 34.3. The maximum Gasteiger partial charge on any atom is 0.311 e. The second-order valence-corrected chi connectivity index (χ2v) is 6.48. The summed E-state index contributed by atoms with van der Waals surface area (Å²) in [5.41, 5.74) is -0.284. The monoisotopic (exact) mass is 327 g/mol. The first-order valence-electron chi connectivity index (χ1n) is 7.94. The Bertz CT molecular complexity index is 791. The Labute approximate surface area is 138 Å². The molecule has 4 rings (SSSR count). The molecular weight excluding hydrogens is 310 g/mol. The smallest absolute Gasteiger partial charge is 0.311 e. The summed E-state index contributed by atoms with van der Waals surface area (Å²) in [6, 6.07) is 3.29. The van der Waals surface area contributed by atoms with Gasteiger partial charge in [0.15, 0.2) is 5.82 Å². The van der Waals surface area contributed by atoms with Crippen LogP contribution in [0.2, 0.25) is 0 Å². The second kappa shape index (κ2) is 5.40. The molecule has 2 atom stereocenters. The molecule has 1 aliphatic heterocycles. The van der Waals surface area contributed by atoms with E-state index in [1.165, 1.54) is 17.3 Å². The summed E-state index contributed by atoms with van der Waals surface area (Å²) in [6.07, 6.45) is 6.90. The maximum absolute atomic E-state index is 12.8. The van der Waals surface area contributed by atoms with Gasteiger partial charge in [0.1, 0.15) is 12.7 Å². The zero-order valence-electron chi connectivity index (χ0n) is 13.0. The fraction of sp³-hybridized carbons (Fsp3) is 0.438. The van der Waals surface area contributed by atoms with Gasteiger partial charge in [-0.3, -0.25) is 9.59 Å². The van der Waals surface area contributed by atoms with E-state index in [1.807, 2.05) is 0 Å². The molecule has 2 fully saturated rings.